The molecule has 9 heteroatoms. The van der Waals surface area contributed by atoms with Crippen LogP contribution in [-0.4, -0.2) is 18.1 Å². The number of carbonyl (C=O) groups excluding carboxylic acids is 2. The van der Waals surface area contributed by atoms with Gasteiger partial charge in [0.2, 0.25) is 0 Å². The second kappa shape index (κ2) is 12.1. The number of amides is 1. The third-order valence-corrected chi connectivity index (χ3v) is 7.55. The molecule has 4 aromatic carbocycles. The standard InChI is InChI=1S/C30H20Cl2N2O4S/c31-22-13-15-23(16-14-22)37-18-19-9-11-20(12-10-19)29(35)34-33-17-21-5-1-3-7-25(21)38-30(36)28-27(32)24-6-2-4-8-26(24)39-28/h1-17H,18H2,(H,34,35)/b33-17+. The van der Waals surface area contributed by atoms with Crippen LogP contribution in [0.5, 0.6) is 11.5 Å². The van der Waals surface area contributed by atoms with Crippen LogP contribution in [-0.2, 0) is 6.61 Å². The van der Waals surface area contributed by atoms with E-state index in [0.717, 1.165) is 15.6 Å². The molecular formula is C30H20Cl2N2O4S. The molecule has 5 aromatic rings. The van der Waals surface area contributed by atoms with Crippen LogP contribution < -0.4 is 14.9 Å². The first-order valence-electron chi connectivity index (χ1n) is 11.8. The Morgan fingerprint density at radius 2 is 1.59 bits per heavy atom. The van der Waals surface area contributed by atoms with Crippen LogP contribution in [0.1, 0.15) is 31.2 Å². The Labute approximate surface area is 238 Å². The number of rotatable bonds is 8. The van der Waals surface area contributed by atoms with E-state index in [1.54, 1.807) is 60.7 Å². The lowest BCUT2D eigenvalue weighted by Gasteiger charge is -2.07. The molecule has 1 amide bonds. The van der Waals surface area contributed by atoms with Gasteiger partial charge in [-0.1, -0.05) is 65.7 Å². The number of hydrogen-bond acceptors (Lipinski definition) is 6. The number of halogens is 2. The molecule has 0 spiro atoms. The van der Waals surface area contributed by atoms with E-state index in [9.17, 15) is 9.59 Å². The first-order chi connectivity index (χ1) is 19.0. The van der Waals surface area contributed by atoms with E-state index in [0.29, 0.717) is 44.2 Å². The Balaban J connectivity index is 1.19. The number of thiophene rings is 1. The second-order valence-corrected chi connectivity index (χ2v) is 10.2. The highest BCUT2D eigenvalue weighted by Crippen LogP contribution is 2.36. The molecule has 1 aromatic heterocycles. The largest absolute Gasteiger partial charge is 0.489 e. The lowest BCUT2D eigenvalue weighted by atomic mass is 10.1. The highest BCUT2D eigenvalue weighted by molar-refractivity contribution is 7.21. The monoisotopic (exact) mass is 574 g/mol. The molecule has 0 saturated carbocycles. The molecule has 0 unspecified atom stereocenters. The molecule has 5 rings (SSSR count). The molecule has 194 valence electrons. The average molecular weight is 575 g/mol. The number of nitrogens with one attached hydrogen (secondary N) is 1. The van der Waals surface area contributed by atoms with Crippen molar-refractivity contribution in [3.8, 4) is 11.5 Å². The molecule has 0 aliphatic heterocycles. The fourth-order valence-electron chi connectivity index (χ4n) is 3.65. The zero-order chi connectivity index (χ0) is 27.2. The van der Waals surface area contributed by atoms with Crippen LogP contribution in [0.2, 0.25) is 10.0 Å². The van der Waals surface area contributed by atoms with Crippen molar-refractivity contribution in [2.45, 2.75) is 6.61 Å². The first kappa shape index (κ1) is 26.4. The van der Waals surface area contributed by atoms with Gasteiger partial charge in [0.25, 0.3) is 5.91 Å². The lowest BCUT2D eigenvalue weighted by molar-refractivity contribution is 0.0739. The Hall–Kier alpha value is -4.17. The molecule has 39 heavy (non-hydrogen) atoms. The number of carbonyl (C=O) groups is 2. The van der Waals surface area contributed by atoms with Crippen LogP contribution in [0, 0.1) is 0 Å². The first-order valence-corrected chi connectivity index (χ1v) is 13.3. The normalized spacial score (nSPS) is 11.0. The van der Waals surface area contributed by atoms with Crippen LogP contribution >= 0.6 is 34.5 Å². The highest BCUT2D eigenvalue weighted by atomic mass is 35.5. The molecule has 6 nitrogen and oxygen atoms in total. The number of ether oxygens (including phenoxy) is 2. The summed E-state index contributed by atoms with van der Waals surface area (Å²) in [7, 11) is 0. The minimum Gasteiger partial charge on any atom is -0.489 e. The average Bonchev–Trinajstić information content (AvgIpc) is 3.30. The predicted molar refractivity (Wildman–Crippen MR) is 156 cm³/mol. The summed E-state index contributed by atoms with van der Waals surface area (Å²) in [6, 6.07) is 28.5. The minimum absolute atomic E-state index is 0.291. The maximum absolute atomic E-state index is 12.9. The fourth-order valence-corrected chi connectivity index (χ4v) is 5.16. The van der Waals surface area contributed by atoms with Crippen LogP contribution in [0.15, 0.2) is 102 Å². The molecule has 1 heterocycles. The third-order valence-electron chi connectivity index (χ3n) is 5.65. The molecule has 0 saturated heterocycles. The van der Waals surface area contributed by atoms with Crippen molar-refractivity contribution in [2.24, 2.45) is 5.10 Å². The van der Waals surface area contributed by atoms with Gasteiger partial charge in [0, 0.05) is 26.2 Å². The van der Waals surface area contributed by atoms with E-state index in [-0.39, 0.29) is 5.91 Å². The molecule has 0 atom stereocenters. The third kappa shape index (κ3) is 6.46. The van der Waals surface area contributed by atoms with Gasteiger partial charge >= 0.3 is 5.97 Å². The minimum atomic E-state index is -0.564. The quantitative estimate of drug-likeness (QED) is 0.0888. The Morgan fingerprint density at radius 3 is 2.36 bits per heavy atom. The number of nitrogens with zero attached hydrogens (tertiary/aromatic N) is 1. The number of hydrogen-bond donors (Lipinski definition) is 1. The van der Waals surface area contributed by atoms with E-state index in [1.807, 2.05) is 36.4 Å². The van der Waals surface area contributed by atoms with Crippen LogP contribution in [0.3, 0.4) is 0 Å². The number of fused-ring (bicyclic) bond motifs is 1. The Morgan fingerprint density at radius 1 is 0.872 bits per heavy atom. The van der Waals surface area contributed by atoms with E-state index >= 15 is 0 Å². The van der Waals surface area contributed by atoms with Crippen molar-refractivity contribution in [2.75, 3.05) is 0 Å². The topological polar surface area (TPSA) is 77.0 Å². The molecule has 0 bridgehead atoms. The van der Waals surface area contributed by atoms with Crippen molar-refractivity contribution in [1.29, 1.82) is 0 Å². The van der Waals surface area contributed by atoms with Crippen LogP contribution in [0.4, 0.5) is 0 Å². The zero-order valence-corrected chi connectivity index (χ0v) is 22.6. The van der Waals surface area contributed by atoms with E-state index in [2.05, 4.69) is 10.5 Å². The maximum atomic E-state index is 12.9. The van der Waals surface area contributed by atoms with Gasteiger partial charge < -0.3 is 9.47 Å². The zero-order valence-electron chi connectivity index (χ0n) is 20.3. The molecular weight excluding hydrogens is 555 g/mol. The van der Waals surface area contributed by atoms with Crippen molar-refractivity contribution < 1.29 is 19.1 Å². The number of para-hydroxylation sites is 1. The SMILES string of the molecule is O=C(N/N=C/c1ccccc1OC(=O)c1sc2ccccc2c1Cl)c1ccc(COc2ccc(Cl)cc2)cc1. The van der Waals surface area contributed by atoms with Gasteiger partial charge in [0.05, 0.1) is 11.2 Å². The number of benzene rings is 4. The van der Waals surface area contributed by atoms with Crippen molar-refractivity contribution in [1.82, 2.24) is 5.43 Å². The summed E-state index contributed by atoms with van der Waals surface area (Å²) in [5.74, 6) is 0.0432. The molecule has 0 radical (unpaired) electrons. The predicted octanol–water partition coefficient (Wildman–Crippen LogP) is 7.77. The van der Waals surface area contributed by atoms with Crippen molar-refractivity contribution in [3.63, 3.8) is 0 Å². The summed E-state index contributed by atoms with van der Waals surface area (Å²) >= 11 is 13.6. The van der Waals surface area contributed by atoms with Crippen LogP contribution in [0.25, 0.3) is 10.1 Å². The summed E-state index contributed by atoms with van der Waals surface area (Å²) < 4.78 is 12.2. The van der Waals surface area contributed by atoms with Gasteiger partial charge in [-0.25, -0.2) is 10.2 Å². The summed E-state index contributed by atoms with van der Waals surface area (Å²) in [6.45, 7) is 0.351. The van der Waals surface area contributed by atoms with Gasteiger partial charge in [-0.3, -0.25) is 4.79 Å². The van der Waals surface area contributed by atoms with E-state index in [1.165, 1.54) is 17.6 Å². The summed E-state index contributed by atoms with van der Waals surface area (Å²) in [5, 5.41) is 5.85. The maximum Gasteiger partial charge on any atom is 0.355 e. The molecule has 0 fully saturated rings. The van der Waals surface area contributed by atoms with E-state index in [4.69, 9.17) is 32.7 Å². The Kier molecular flexibility index (Phi) is 8.22. The van der Waals surface area contributed by atoms with Gasteiger partial charge in [-0.05, 0) is 60.2 Å². The number of esters is 1. The van der Waals surface area contributed by atoms with Gasteiger partial charge in [-0.2, -0.15) is 5.10 Å². The van der Waals surface area contributed by atoms with Crippen molar-refractivity contribution >= 4 is 62.7 Å². The molecule has 0 aliphatic carbocycles. The fraction of sp³-hybridized carbons (Fsp3) is 0.0333. The lowest BCUT2D eigenvalue weighted by Crippen LogP contribution is -2.17. The van der Waals surface area contributed by atoms with Gasteiger partial charge in [0.1, 0.15) is 23.0 Å². The second-order valence-electron chi connectivity index (χ2n) is 8.31. The molecule has 0 aliphatic rings. The summed E-state index contributed by atoms with van der Waals surface area (Å²) in [4.78, 5) is 25.7. The smallest absolute Gasteiger partial charge is 0.355 e. The van der Waals surface area contributed by atoms with Gasteiger partial charge in [0.15, 0.2) is 0 Å². The Bertz CT molecular complexity index is 1670. The van der Waals surface area contributed by atoms with Gasteiger partial charge in [-0.15, -0.1) is 11.3 Å². The van der Waals surface area contributed by atoms with Crippen molar-refractivity contribution in [3.05, 3.63) is 129 Å². The molecule has 1 N–H and O–H groups in total. The van der Waals surface area contributed by atoms with E-state index < -0.39 is 5.97 Å². The summed E-state index contributed by atoms with van der Waals surface area (Å²) in [5.41, 5.74) is 4.34. The highest BCUT2D eigenvalue weighted by Gasteiger charge is 2.19. The number of hydrazone groups is 1. The summed E-state index contributed by atoms with van der Waals surface area (Å²) in [6.07, 6.45) is 1.42.